The van der Waals surface area contributed by atoms with E-state index in [0.29, 0.717) is 36.9 Å². The quantitative estimate of drug-likeness (QED) is 0.391. The van der Waals surface area contributed by atoms with Crippen molar-refractivity contribution in [2.24, 2.45) is 11.3 Å². The van der Waals surface area contributed by atoms with Crippen LogP contribution in [0.15, 0.2) is 5.38 Å². The zero-order valence-electron chi connectivity index (χ0n) is 22.9. The van der Waals surface area contributed by atoms with Crippen LogP contribution in [0.3, 0.4) is 0 Å². The highest BCUT2D eigenvalue weighted by Crippen LogP contribution is 2.55. The Morgan fingerprint density at radius 2 is 1.85 bits per heavy atom. The number of nitrogens with one attached hydrogen (secondary N) is 3. The highest BCUT2D eigenvalue weighted by molar-refractivity contribution is 7.11. The summed E-state index contributed by atoms with van der Waals surface area (Å²) in [5, 5.41) is 10.7. The van der Waals surface area contributed by atoms with Crippen LogP contribution in [-0.2, 0) is 19.2 Å². The summed E-state index contributed by atoms with van der Waals surface area (Å²) in [6, 6.07) is -1.86. The van der Waals surface area contributed by atoms with Gasteiger partial charge < -0.3 is 20.9 Å². The number of nitrogens with zero attached hydrogens (tertiary/aromatic N) is 2. The van der Waals surface area contributed by atoms with Gasteiger partial charge in [0.15, 0.2) is 5.01 Å². The fourth-order valence-corrected chi connectivity index (χ4v) is 7.49. The summed E-state index contributed by atoms with van der Waals surface area (Å²) in [5.74, 6) is -2.35. The van der Waals surface area contributed by atoms with Crippen molar-refractivity contribution in [3.8, 4) is 0 Å². The maximum Gasteiger partial charge on any atom is 0.289 e. The predicted octanol–water partition coefficient (Wildman–Crippen LogP) is 2.43. The lowest BCUT2D eigenvalue weighted by Crippen LogP contribution is -2.58. The molecule has 2 aliphatic heterocycles. The van der Waals surface area contributed by atoms with Crippen molar-refractivity contribution < 1.29 is 24.0 Å². The second kappa shape index (κ2) is 11.2. The molecule has 4 amide bonds. The van der Waals surface area contributed by atoms with E-state index in [1.54, 1.807) is 4.90 Å². The fraction of sp³-hybridized carbons (Fsp3) is 0.724. The molecule has 3 N–H and O–H groups in total. The fourth-order valence-electron chi connectivity index (χ4n) is 6.63. The number of rotatable bonds is 9. The molecule has 1 aromatic rings. The third kappa shape index (κ3) is 5.94. The second-order valence-corrected chi connectivity index (χ2v) is 13.4. The highest BCUT2D eigenvalue weighted by Gasteiger charge is 2.52. The van der Waals surface area contributed by atoms with Crippen LogP contribution in [0.2, 0.25) is 0 Å². The van der Waals surface area contributed by atoms with Crippen molar-refractivity contribution in [2.75, 3.05) is 13.1 Å². The van der Waals surface area contributed by atoms with Gasteiger partial charge in [-0.15, -0.1) is 11.3 Å². The molecule has 3 unspecified atom stereocenters. The number of piperidine rings is 1. The minimum atomic E-state index is -1.12. The van der Waals surface area contributed by atoms with Gasteiger partial charge in [0.2, 0.25) is 17.6 Å². The lowest BCUT2D eigenvalue weighted by atomic mass is 9.86. The van der Waals surface area contributed by atoms with Crippen molar-refractivity contribution in [3.05, 3.63) is 16.1 Å². The van der Waals surface area contributed by atoms with Crippen molar-refractivity contribution >= 4 is 40.7 Å². The third-order valence-corrected chi connectivity index (χ3v) is 10.4. The van der Waals surface area contributed by atoms with Gasteiger partial charge in [0.25, 0.3) is 11.8 Å². The van der Waals surface area contributed by atoms with Crippen molar-refractivity contribution in [1.29, 1.82) is 0 Å². The summed E-state index contributed by atoms with van der Waals surface area (Å²) in [6.45, 7) is 0.970. The molecule has 0 bridgehead atoms. The number of amides is 4. The first-order valence-electron chi connectivity index (χ1n) is 15.0. The van der Waals surface area contributed by atoms with Crippen LogP contribution in [0.4, 0.5) is 0 Å². The molecule has 6 rings (SSSR count). The largest absolute Gasteiger partial charge is 0.356 e. The van der Waals surface area contributed by atoms with E-state index in [4.69, 9.17) is 4.98 Å². The molecule has 40 heavy (non-hydrogen) atoms. The molecule has 3 aliphatic carbocycles. The van der Waals surface area contributed by atoms with E-state index in [-0.39, 0.29) is 29.7 Å². The average molecular weight is 570 g/mol. The van der Waals surface area contributed by atoms with Crippen LogP contribution in [0.1, 0.15) is 105 Å². The van der Waals surface area contributed by atoms with Gasteiger partial charge in [-0.05, 0) is 69.6 Å². The Hall–Kier alpha value is -2.82. The van der Waals surface area contributed by atoms with Gasteiger partial charge >= 0.3 is 0 Å². The van der Waals surface area contributed by atoms with E-state index < -0.39 is 35.6 Å². The number of likely N-dealkylation sites (tertiary alicyclic amines) is 1. The van der Waals surface area contributed by atoms with Crippen molar-refractivity contribution in [1.82, 2.24) is 25.8 Å². The smallest absolute Gasteiger partial charge is 0.289 e. The molecule has 3 atom stereocenters. The lowest BCUT2D eigenvalue weighted by Gasteiger charge is -2.39. The topological polar surface area (TPSA) is 138 Å². The number of aromatic nitrogens is 1. The van der Waals surface area contributed by atoms with E-state index in [9.17, 15) is 24.0 Å². The molecule has 3 heterocycles. The van der Waals surface area contributed by atoms with E-state index in [0.717, 1.165) is 50.6 Å². The summed E-state index contributed by atoms with van der Waals surface area (Å²) in [7, 11) is 0. The summed E-state index contributed by atoms with van der Waals surface area (Å²) in [5.41, 5.74) is 1.04. The number of carbonyl (C=O) groups excluding carboxylic acids is 5. The van der Waals surface area contributed by atoms with Gasteiger partial charge in [-0.25, -0.2) is 4.98 Å². The van der Waals surface area contributed by atoms with Gasteiger partial charge in [-0.2, -0.15) is 0 Å². The van der Waals surface area contributed by atoms with Crippen LogP contribution < -0.4 is 16.0 Å². The first-order valence-corrected chi connectivity index (χ1v) is 15.9. The zero-order valence-corrected chi connectivity index (χ0v) is 23.7. The normalized spacial score (nSPS) is 26.7. The standard InChI is InChI=1S/C29H39N5O5S/c35-23(26(38)31-19-6-7-19)20(14-18-8-12-30-24(18)36)32-25(37)22-15-29(9-10-29)11-13-34(22)28(39)27-33-21(16-40-27)17-4-2-1-3-5-17/h16-20,22H,1-15H2,(H,30,36)(H,31,38)(H,32,37). The van der Waals surface area contributed by atoms with E-state index in [2.05, 4.69) is 16.0 Å². The number of hydrogen-bond donors (Lipinski definition) is 3. The maximum absolute atomic E-state index is 13.8. The van der Waals surface area contributed by atoms with Gasteiger partial charge in [0.1, 0.15) is 6.04 Å². The van der Waals surface area contributed by atoms with E-state index in [1.807, 2.05) is 5.38 Å². The minimum Gasteiger partial charge on any atom is -0.356 e. The van der Waals surface area contributed by atoms with Crippen molar-refractivity contribution in [3.63, 3.8) is 0 Å². The molecular weight excluding hydrogens is 530 g/mol. The first kappa shape index (κ1) is 27.4. The van der Waals surface area contributed by atoms with Gasteiger partial charge in [0.05, 0.1) is 11.7 Å². The van der Waals surface area contributed by atoms with Crippen LogP contribution >= 0.6 is 11.3 Å². The predicted molar refractivity (Wildman–Crippen MR) is 148 cm³/mol. The molecule has 3 saturated carbocycles. The summed E-state index contributed by atoms with van der Waals surface area (Å²) in [6.07, 6.45) is 11.5. The molecule has 5 fully saturated rings. The molecule has 11 heteroatoms. The molecule has 216 valence electrons. The Bertz CT molecular complexity index is 1190. The zero-order chi connectivity index (χ0) is 27.9. The molecule has 0 aromatic carbocycles. The molecule has 1 aromatic heterocycles. The lowest BCUT2D eigenvalue weighted by molar-refractivity contribution is -0.141. The Morgan fingerprint density at radius 1 is 1.07 bits per heavy atom. The Morgan fingerprint density at radius 3 is 2.52 bits per heavy atom. The van der Waals surface area contributed by atoms with Crippen molar-refractivity contribution in [2.45, 2.75) is 108 Å². The van der Waals surface area contributed by atoms with Gasteiger partial charge in [-0.1, -0.05) is 19.3 Å². The number of Topliss-reactive ketones (excluding diaryl/α,β-unsaturated/α-hetero) is 1. The number of thiazole rings is 1. The summed E-state index contributed by atoms with van der Waals surface area (Å²) in [4.78, 5) is 72.1. The Labute approximate surface area is 238 Å². The highest BCUT2D eigenvalue weighted by atomic mass is 32.1. The molecule has 2 saturated heterocycles. The average Bonchev–Trinajstić information content (AvgIpc) is 3.84. The van der Waals surface area contributed by atoms with Crippen LogP contribution in [0, 0.1) is 11.3 Å². The van der Waals surface area contributed by atoms with Gasteiger partial charge in [-0.3, -0.25) is 24.0 Å². The SMILES string of the molecule is O=C(NC1CC1)C(=O)C(CC1CCNC1=O)NC(=O)C1CC2(CCN1C(=O)c1nc(C3CCCCC3)cs1)CC2. The van der Waals surface area contributed by atoms with Gasteiger partial charge in [0, 0.05) is 36.3 Å². The number of hydrogen-bond acceptors (Lipinski definition) is 7. The Balaban J connectivity index is 1.19. The molecular formula is C29H39N5O5S. The third-order valence-electron chi connectivity index (χ3n) is 9.59. The number of carbonyl (C=O) groups is 5. The van der Waals surface area contributed by atoms with E-state index in [1.165, 1.54) is 30.6 Å². The van der Waals surface area contributed by atoms with Crippen LogP contribution in [0.5, 0.6) is 0 Å². The monoisotopic (exact) mass is 569 g/mol. The molecule has 1 spiro atoms. The summed E-state index contributed by atoms with van der Waals surface area (Å²) < 4.78 is 0. The van der Waals surface area contributed by atoms with Crippen LogP contribution in [0.25, 0.3) is 0 Å². The maximum atomic E-state index is 13.8. The molecule has 0 radical (unpaired) electrons. The number of ketones is 1. The molecule has 5 aliphatic rings. The molecule has 10 nitrogen and oxygen atoms in total. The Kier molecular flexibility index (Phi) is 7.67. The van der Waals surface area contributed by atoms with Crippen LogP contribution in [-0.4, -0.2) is 70.5 Å². The minimum absolute atomic E-state index is 0.000518. The van der Waals surface area contributed by atoms with E-state index >= 15 is 0 Å². The second-order valence-electron chi connectivity index (χ2n) is 12.6. The summed E-state index contributed by atoms with van der Waals surface area (Å²) >= 11 is 1.34. The first-order chi connectivity index (χ1) is 19.3.